The van der Waals surface area contributed by atoms with Crippen LogP contribution >= 0.6 is 9.12 Å². The van der Waals surface area contributed by atoms with E-state index in [1.54, 1.807) is 0 Å². The summed E-state index contributed by atoms with van der Waals surface area (Å²) in [6, 6.07) is 9.49. The first kappa shape index (κ1) is 8.25. The smallest absolute Gasteiger partial charge is 0.0527 e. The second kappa shape index (κ2) is 5.39. The van der Waals surface area contributed by atoms with E-state index in [1.807, 2.05) is 30.3 Å². The summed E-state index contributed by atoms with van der Waals surface area (Å²) in [5.74, 6) is 0. The van der Waals surface area contributed by atoms with Crippen molar-refractivity contribution in [3.8, 4) is 0 Å². The number of hydrogen-bond acceptors (Lipinski definition) is 2. The quantitative estimate of drug-likeness (QED) is 0.438. The number of anilines is 1. The Balaban J connectivity index is 0.000000291. The van der Waals surface area contributed by atoms with Gasteiger partial charge in [0.25, 0.3) is 0 Å². The molecule has 0 aliphatic heterocycles. The van der Waals surface area contributed by atoms with Gasteiger partial charge in [-0.2, -0.15) is 0 Å². The van der Waals surface area contributed by atoms with Crippen LogP contribution in [0.2, 0.25) is 0 Å². The topological polar surface area (TPSA) is 43.1 Å². The van der Waals surface area contributed by atoms with Crippen molar-refractivity contribution in [3.63, 3.8) is 0 Å². The van der Waals surface area contributed by atoms with E-state index in [1.165, 1.54) is 0 Å². The first-order valence-corrected chi connectivity index (χ1v) is 3.07. The summed E-state index contributed by atoms with van der Waals surface area (Å²) in [5, 5.41) is 0. The Kier molecular flexibility index (Phi) is 4.94. The third kappa shape index (κ3) is 3.80. The third-order valence-corrected chi connectivity index (χ3v) is 0.800. The van der Waals surface area contributed by atoms with Crippen LogP contribution in [0.4, 0.5) is 5.69 Å². The highest BCUT2D eigenvalue weighted by atomic mass is 31.0. The van der Waals surface area contributed by atoms with Crippen LogP contribution in [-0.4, -0.2) is 0 Å². The molecule has 0 fully saturated rings. The lowest BCUT2D eigenvalue weighted by atomic mass is 10.3. The molecule has 0 heterocycles. The van der Waals surface area contributed by atoms with Crippen molar-refractivity contribution < 1.29 is 4.57 Å². The maximum atomic E-state index is 8.28. The summed E-state index contributed by atoms with van der Waals surface area (Å²) >= 11 is 0. The van der Waals surface area contributed by atoms with E-state index in [0.717, 1.165) is 5.69 Å². The molecule has 0 radical (unpaired) electrons. The maximum Gasteiger partial charge on any atom is 0.0527 e. The standard InChI is InChI=1S/C6H7N.H3OP/c7-6-4-2-1-3-5-6;1-2/h1-5H,7H2;2H3. The predicted octanol–water partition coefficient (Wildman–Crippen LogP) is 1.21. The van der Waals surface area contributed by atoms with E-state index < -0.39 is 0 Å². The van der Waals surface area contributed by atoms with Crippen molar-refractivity contribution >= 4 is 14.8 Å². The molecule has 0 aliphatic carbocycles. The maximum absolute atomic E-state index is 8.28. The molecule has 0 saturated heterocycles. The summed E-state index contributed by atoms with van der Waals surface area (Å²) < 4.78 is 8.28. The van der Waals surface area contributed by atoms with Crippen LogP contribution in [-0.2, 0) is 4.57 Å². The van der Waals surface area contributed by atoms with Crippen molar-refractivity contribution in [1.29, 1.82) is 0 Å². The van der Waals surface area contributed by atoms with Gasteiger partial charge in [0.1, 0.15) is 0 Å². The Morgan fingerprint density at radius 1 is 1.11 bits per heavy atom. The van der Waals surface area contributed by atoms with Gasteiger partial charge in [-0.3, -0.25) is 0 Å². The molecule has 50 valence electrons. The van der Waals surface area contributed by atoms with E-state index >= 15 is 0 Å². The second-order valence-corrected chi connectivity index (χ2v) is 1.41. The Morgan fingerprint density at radius 3 is 1.78 bits per heavy atom. The molecule has 0 spiro atoms. The van der Waals surface area contributed by atoms with E-state index in [4.69, 9.17) is 10.3 Å². The fourth-order valence-electron chi connectivity index (χ4n) is 0.453. The summed E-state index contributed by atoms with van der Waals surface area (Å²) in [6.45, 7) is 0. The second-order valence-electron chi connectivity index (χ2n) is 1.41. The molecule has 0 saturated carbocycles. The Bertz CT molecular complexity index is 154. The fraction of sp³-hybridized carbons (Fsp3) is 0. The molecule has 0 bridgehead atoms. The molecule has 0 amide bonds. The predicted molar refractivity (Wildman–Crippen MR) is 42.6 cm³/mol. The van der Waals surface area contributed by atoms with Crippen molar-refractivity contribution in [3.05, 3.63) is 30.3 Å². The van der Waals surface area contributed by atoms with Crippen molar-refractivity contribution in [1.82, 2.24) is 0 Å². The van der Waals surface area contributed by atoms with Gasteiger partial charge < -0.3 is 10.3 Å². The van der Waals surface area contributed by atoms with Gasteiger partial charge in [-0.15, -0.1) is 0 Å². The molecular formula is C6H10NOP. The molecule has 9 heavy (non-hydrogen) atoms. The third-order valence-electron chi connectivity index (χ3n) is 0.800. The van der Waals surface area contributed by atoms with E-state index in [2.05, 4.69) is 0 Å². The van der Waals surface area contributed by atoms with Crippen LogP contribution in [0.15, 0.2) is 30.3 Å². The SMILES string of the molecule is Nc1ccccc1.O=[PH3]. The lowest BCUT2D eigenvalue weighted by Gasteiger charge is -1.83. The Labute approximate surface area is 56.3 Å². The largest absolute Gasteiger partial charge is 0.399 e. The highest BCUT2D eigenvalue weighted by Gasteiger charge is 1.72. The van der Waals surface area contributed by atoms with Gasteiger partial charge in [0.2, 0.25) is 0 Å². The summed E-state index contributed by atoms with van der Waals surface area (Å²) in [6.07, 6.45) is 0. The van der Waals surface area contributed by atoms with Gasteiger partial charge in [0.05, 0.1) is 9.12 Å². The first-order chi connectivity index (χ1) is 4.39. The monoisotopic (exact) mass is 143 g/mol. The lowest BCUT2D eigenvalue weighted by Crippen LogP contribution is -1.79. The van der Waals surface area contributed by atoms with Gasteiger partial charge in [-0.05, 0) is 12.1 Å². The molecule has 1 aromatic carbocycles. The van der Waals surface area contributed by atoms with E-state index in [9.17, 15) is 0 Å². The molecule has 1 aromatic rings. The molecule has 1 atom stereocenters. The number of para-hydroxylation sites is 1. The molecule has 1 rings (SSSR count). The van der Waals surface area contributed by atoms with Gasteiger partial charge >= 0.3 is 0 Å². The van der Waals surface area contributed by atoms with Crippen LogP contribution in [0.25, 0.3) is 0 Å². The van der Waals surface area contributed by atoms with Gasteiger partial charge in [-0.1, -0.05) is 18.2 Å². The molecule has 3 heteroatoms. The van der Waals surface area contributed by atoms with Crippen molar-refractivity contribution in [2.24, 2.45) is 0 Å². The average molecular weight is 143 g/mol. The average Bonchev–Trinajstić information content (AvgIpc) is 1.94. The molecule has 1 unspecified atom stereocenters. The van der Waals surface area contributed by atoms with Gasteiger partial charge in [0.15, 0.2) is 0 Å². The van der Waals surface area contributed by atoms with Crippen molar-refractivity contribution in [2.45, 2.75) is 0 Å². The highest BCUT2D eigenvalue weighted by Crippen LogP contribution is 1.95. The minimum absolute atomic E-state index is 0.611. The molecule has 0 aromatic heterocycles. The van der Waals surface area contributed by atoms with Gasteiger partial charge in [-0.25, -0.2) is 0 Å². The number of nitrogen functional groups attached to an aromatic ring is 1. The van der Waals surface area contributed by atoms with Crippen LogP contribution in [0.3, 0.4) is 0 Å². The summed E-state index contributed by atoms with van der Waals surface area (Å²) in [7, 11) is 0.611. The summed E-state index contributed by atoms with van der Waals surface area (Å²) in [4.78, 5) is 0. The van der Waals surface area contributed by atoms with Crippen LogP contribution < -0.4 is 5.73 Å². The molecule has 0 aliphatic rings. The zero-order valence-electron chi connectivity index (χ0n) is 5.08. The zero-order chi connectivity index (χ0) is 7.11. The Morgan fingerprint density at radius 2 is 1.56 bits per heavy atom. The zero-order valence-corrected chi connectivity index (χ0v) is 6.49. The number of nitrogens with two attached hydrogens (primary N) is 1. The Hall–Kier alpha value is -0.750. The van der Waals surface area contributed by atoms with Crippen LogP contribution in [0.5, 0.6) is 0 Å². The van der Waals surface area contributed by atoms with E-state index in [0.29, 0.717) is 9.12 Å². The normalized spacial score (nSPS) is 7.56. The fourth-order valence-corrected chi connectivity index (χ4v) is 0.453. The lowest BCUT2D eigenvalue weighted by molar-refractivity contribution is 0.607. The molecular weight excluding hydrogens is 133 g/mol. The number of rotatable bonds is 0. The van der Waals surface area contributed by atoms with E-state index in [-0.39, 0.29) is 0 Å². The number of benzene rings is 1. The van der Waals surface area contributed by atoms with Crippen LogP contribution in [0, 0.1) is 0 Å². The summed E-state index contributed by atoms with van der Waals surface area (Å²) in [5.41, 5.74) is 6.18. The molecule has 2 nitrogen and oxygen atoms in total. The van der Waals surface area contributed by atoms with Crippen LogP contribution in [0.1, 0.15) is 0 Å². The minimum Gasteiger partial charge on any atom is -0.399 e. The highest BCUT2D eigenvalue weighted by molar-refractivity contribution is 7.00. The first-order valence-electron chi connectivity index (χ1n) is 2.49. The van der Waals surface area contributed by atoms with Gasteiger partial charge in [0, 0.05) is 5.69 Å². The van der Waals surface area contributed by atoms with Crippen molar-refractivity contribution in [2.75, 3.05) is 5.73 Å². The number of hydrogen-bond donors (Lipinski definition) is 1. The molecule has 2 N–H and O–H groups in total. The minimum atomic E-state index is 0.611.